The van der Waals surface area contributed by atoms with Crippen molar-refractivity contribution in [1.82, 2.24) is 9.88 Å². The van der Waals surface area contributed by atoms with Gasteiger partial charge in [-0.05, 0) is 39.3 Å². The minimum Gasteiger partial charge on any atom is -0.469 e. The van der Waals surface area contributed by atoms with Crippen molar-refractivity contribution in [3.63, 3.8) is 0 Å². The Hall–Kier alpha value is -1.95. The van der Waals surface area contributed by atoms with Crippen LogP contribution in [0.2, 0.25) is 0 Å². The number of ether oxygens (including phenoxy) is 2. The maximum atomic E-state index is 12.9. The SMILES string of the molecule is CCOCCCN(C[C@@H](C)C(=O)OC)C(=O)c1ccc(C)nc1C. The number of carbonyl (C=O) groups is 2. The van der Waals surface area contributed by atoms with Crippen molar-refractivity contribution in [1.29, 1.82) is 0 Å². The average molecular weight is 336 g/mol. The van der Waals surface area contributed by atoms with Crippen LogP contribution in [-0.4, -0.2) is 55.2 Å². The third kappa shape index (κ3) is 5.92. The third-order valence-electron chi connectivity index (χ3n) is 3.76. The summed E-state index contributed by atoms with van der Waals surface area (Å²) < 4.78 is 10.1. The number of aromatic nitrogens is 1. The monoisotopic (exact) mass is 336 g/mol. The largest absolute Gasteiger partial charge is 0.469 e. The highest BCUT2D eigenvalue weighted by Crippen LogP contribution is 2.13. The van der Waals surface area contributed by atoms with E-state index in [1.54, 1.807) is 17.9 Å². The second-order valence-corrected chi connectivity index (χ2v) is 5.81. The van der Waals surface area contributed by atoms with Crippen LogP contribution in [0.3, 0.4) is 0 Å². The maximum absolute atomic E-state index is 12.9. The Kier molecular flexibility index (Phi) is 8.40. The highest BCUT2D eigenvalue weighted by Gasteiger charge is 2.23. The van der Waals surface area contributed by atoms with Gasteiger partial charge in [0.1, 0.15) is 0 Å². The van der Waals surface area contributed by atoms with Crippen molar-refractivity contribution in [3.05, 3.63) is 29.1 Å². The number of aryl methyl sites for hydroxylation is 2. The zero-order valence-corrected chi connectivity index (χ0v) is 15.3. The fourth-order valence-corrected chi connectivity index (χ4v) is 2.47. The van der Waals surface area contributed by atoms with Crippen molar-refractivity contribution in [3.8, 4) is 0 Å². The number of hydrogen-bond donors (Lipinski definition) is 0. The molecule has 0 aliphatic carbocycles. The summed E-state index contributed by atoms with van der Waals surface area (Å²) in [4.78, 5) is 30.6. The average Bonchev–Trinajstić information content (AvgIpc) is 2.56. The van der Waals surface area contributed by atoms with Gasteiger partial charge in [0.2, 0.25) is 0 Å². The summed E-state index contributed by atoms with van der Waals surface area (Å²) in [5, 5.41) is 0. The summed E-state index contributed by atoms with van der Waals surface area (Å²) in [5.74, 6) is -0.826. The summed E-state index contributed by atoms with van der Waals surface area (Å²) in [6, 6.07) is 3.61. The predicted octanol–water partition coefficient (Wildman–Crippen LogP) is 2.38. The molecule has 1 rings (SSSR count). The predicted molar refractivity (Wildman–Crippen MR) is 91.9 cm³/mol. The van der Waals surface area contributed by atoms with Gasteiger partial charge in [0, 0.05) is 32.0 Å². The molecule has 0 saturated heterocycles. The van der Waals surface area contributed by atoms with E-state index in [0.717, 1.165) is 5.69 Å². The molecule has 0 N–H and O–H groups in total. The van der Waals surface area contributed by atoms with Crippen LogP contribution in [0.5, 0.6) is 0 Å². The van der Waals surface area contributed by atoms with Crippen LogP contribution >= 0.6 is 0 Å². The van der Waals surface area contributed by atoms with E-state index in [2.05, 4.69) is 4.98 Å². The second kappa shape index (κ2) is 10.0. The first-order chi connectivity index (χ1) is 11.4. The Morgan fingerprint density at radius 1 is 1.29 bits per heavy atom. The van der Waals surface area contributed by atoms with E-state index in [4.69, 9.17) is 9.47 Å². The van der Waals surface area contributed by atoms with Crippen LogP contribution in [-0.2, 0) is 14.3 Å². The van der Waals surface area contributed by atoms with Crippen molar-refractivity contribution >= 4 is 11.9 Å². The van der Waals surface area contributed by atoms with Gasteiger partial charge in [-0.3, -0.25) is 14.6 Å². The molecule has 1 aromatic rings. The summed E-state index contributed by atoms with van der Waals surface area (Å²) in [7, 11) is 1.36. The molecular formula is C18H28N2O4. The van der Waals surface area contributed by atoms with E-state index in [1.807, 2.05) is 26.8 Å². The summed E-state index contributed by atoms with van der Waals surface area (Å²) in [5.41, 5.74) is 2.13. The summed E-state index contributed by atoms with van der Waals surface area (Å²) in [6.07, 6.45) is 0.714. The Morgan fingerprint density at radius 2 is 2.00 bits per heavy atom. The minimum atomic E-state index is -0.384. The molecule has 0 radical (unpaired) electrons. The summed E-state index contributed by atoms with van der Waals surface area (Å²) >= 11 is 0. The molecule has 1 heterocycles. The first-order valence-corrected chi connectivity index (χ1v) is 8.29. The molecule has 1 amide bonds. The first-order valence-electron chi connectivity index (χ1n) is 8.29. The van der Waals surface area contributed by atoms with E-state index in [-0.39, 0.29) is 17.8 Å². The molecule has 0 aromatic carbocycles. The van der Waals surface area contributed by atoms with Crippen molar-refractivity contribution in [2.75, 3.05) is 33.4 Å². The van der Waals surface area contributed by atoms with Crippen molar-refractivity contribution in [2.24, 2.45) is 5.92 Å². The molecule has 134 valence electrons. The maximum Gasteiger partial charge on any atom is 0.310 e. The molecule has 1 aromatic heterocycles. The number of rotatable bonds is 9. The molecule has 24 heavy (non-hydrogen) atoms. The summed E-state index contributed by atoms with van der Waals surface area (Å²) in [6.45, 7) is 9.46. The highest BCUT2D eigenvalue weighted by molar-refractivity contribution is 5.95. The lowest BCUT2D eigenvalue weighted by Gasteiger charge is -2.25. The number of pyridine rings is 1. The molecule has 0 saturated carbocycles. The van der Waals surface area contributed by atoms with E-state index in [9.17, 15) is 9.59 Å². The molecule has 0 fully saturated rings. The van der Waals surface area contributed by atoms with Gasteiger partial charge in [0.05, 0.1) is 24.3 Å². The first kappa shape index (κ1) is 20.1. The van der Waals surface area contributed by atoms with Crippen LogP contribution < -0.4 is 0 Å². The number of nitrogens with zero attached hydrogens (tertiary/aromatic N) is 2. The van der Waals surface area contributed by atoms with Gasteiger partial charge in [0.15, 0.2) is 0 Å². The molecule has 0 bridgehead atoms. The molecule has 0 aliphatic heterocycles. The lowest BCUT2D eigenvalue weighted by atomic mass is 10.1. The number of carbonyl (C=O) groups excluding carboxylic acids is 2. The zero-order valence-electron chi connectivity index (χ0n) is 15.3. The highest BCUT2D eigenvalue weighted by atomic mass is 16.5. The normalized spacial score (nSPS) is 11.9. The minimum absolute atomic E-state index is 0.118. The number of methoxy groups -OCH3 is 1. The number of esters is 1. The third-order valence-corrected chi connectivity index (χ3v) is 3.76. The van der Waals surface area contributed by atoms with Crippen LogP contribution in [0.4, 0.5) is 0 Å². The van der Waals surface area contributed by atoms with Crippen molar-refractivity contribution in [2.45, 2.75) is 34.1 Å². The lowest BCUT2D eigenvalue weighted by molar-refractivity contribution is -0.145. The van der Waals surface area contributed by atoms with Gasteiger partial charge in [-0.2, -0.15) is 0 Å². The van der Waals surface area contributed by atoms with Gasteiger partial charge in [-0.25, -0.2) is 0 Å². The van der Waals surface area contributed by atoms with E-state index < -0.39 is 0 Å². The van der Waals surface area contributed by atoms with Gasteiger partial charge in [-0.1, -0.05) is 6.92 Å². The fourth-order valence-electron chi connectivity index (χ4n) is 2.47. The smallest absolute Gasteiger partial charge is 0.310 e. The Bertz CT molecular complexity index is 560. The van der Waals surface area contributed by atoms with Crippen molar-refractivity contribution < 1.29 is 19.1 Å². The quantitative estimate of drug-likeness (QED) is 0.511. The van der Waals surface area contributed by atoms with Crippen LogP contribution in [0.15, 0.2) is 12.1 Å². The van der Waals surface area contributed by atoms with Gasteiger partial charge in [0.25, 0.3) is 5.91 Å². The molecule has 6 heteroatoms. The molecule has 0 unspecified atom stereocenters. The standard InChI is InChI=1S/C18H28N2O4/c1-6-24-11-7-10-20(12-13(2)18(22)23-5)17(21)16-9-8-14(3)19-15(16)4/h8-9,13H,6-7,10-12H2,1-5H3/t13-/m1/s1. The van der Waals surface area contributed by atoms with Gasteiger partial charge < -0.3 is 14.4 Å². The van der Waals surface area contributed by atoms with E-state index in [1.165, 1.54) is 7.11 Å². The second-order valence-electron chi connectivity index (χ2n) is 5.81. The van der Waals surface area contributed by atoms with Crippen LogP contribution in [0.1, 0.15) is 42.0 Å². The van der Waals surface area contributed by atoms with Gasteiger partial charge >= 0.3 is 5.97 Å². The molecular weight excluding hydrogens is 308 g/mol. The molecule has 1 atom stereocenters. The Labute approximate surface area is 144 Å². The lowest BCUT2D eigenvalue weighted by Crippen LogP contribution is -2.38. The van der Waals surface area contributed by atoms with E-state index in [0.29, 0.717) is 44.0 Å². The molecule has 0 aliphatic rings. The van der Waals surface area contributed by atoms with Crippen LogP contribution in [0, 0.1) is 19.8 Å². The zero-order chi connectivity index (χ0) is 18.1. The number of hydrogen-bond acceptors (Lipinski definition) is 5. The molecule has 0 spiro atoms. The Balaban J connectivity index is 2.88. The topological polar surface area (TPSA) is 68.7 Å². The van der Waals surface area contributed by atoms with E-state index >= 15 is 0 Å². The molecule has 6 nitrogen and oxygen atoms in total. The number of amides is 1. The fraction of sp³-hybridized carbons (Fsp3) is 0.611. The van der Waals surface area contributed by atoms with Gasteiger partial charge in [-0.15, -0.1) is 0 Å². The van der Waals surface area contributed by atoms with Crippen LogP contribution in [0.25, 0.3) is 0 Å². The Morgan fingerprint density at radius 3 is 2.58 bits per heavy atom.